The van der Waals surface area contributed by atoms with Crippen LogP contribution < -0.4 is 0 Å². The number of imide groups is 1. The molecule has 0 aromatic heterocycles. The van der Waals surface area contributed by atoms with E-state index in [0.717, 1.165) is 6.07 Å². The number of ether oxygens (including phenoxy) is 1. The van der Waals surface area contributed by atoms with Crippen molar-refractivity contribution in [1.29, 1.82) is 0 Å². The minimum absolute atomic E-state index is 0.0282. The van der Waals surface area contributed by atoms with Crippen LogP contribution in [0.1, 0.15) is 5.56 Å². The number of carbonyl (C=O) groups excluding carboxylic acids is 1. The molecule has 0 atom stereocenters. The highest BCUT2D eigenvalue weighted by atomic mass is 16.7. The summed E-state index contributed by atoms with van der Waals surface area (Å²) in [6, 6.07) is 5.22. The first-order valence-corrected chi connectivity index (χ1v) is 4.91. The van der Waals surface area contributed by atoms with Gasteiger partial charge in [0.1, 0.15) is 6.61 Å². The summed E-state index contributed by atoms with van der Waals surface area (Å²) < 4.78 is 4.36. The van der Waals surface area contributed by atoms with Gasteiger partial charge in [0.15, 0.2) is 5.03 Å². The Hall–Kier alpha value is -3.24. The highest BCUT2D eigenvalue weighted by molar-refractivity contribution is 5.84. The van der Waals surface area contributed by atoms with Gasteiger partial charge in [0.2, 0.25) is 0 Å². The first-order chi connectivity index (χ1) is 9.34. The SMILES string of the molecule is O=C(O)N(C(=O)OCc1ccccc1[N+](=O)[O-])[N+](=O)[O-]. The second-order valence-electron chi connectivity index (χ2n) is 3.27. The van der Waals surface area contributed by atoms with Gasteiger partial charge in [-0.3, -0.25) is 10.1 Å². The molecule has 2 amide bonds. The number of nitrogens with zero attached hydrogens (tertiary/aromatic N) is 3. The average molecular weight is 285 g/mol. The van der Waals surface area contributed by atoms with Gasteiger partial charge in [0.25, 0.3) is 5.69 Å². The van der Waals surface area contributed by atoms with E-state index in [-0.39, 0.29) is 11.3 Å². The fraction of sp³-hybridized carbons (Fsp3) is 0.111. The van der Waals surface area contributed by atoms with E-state index in [1.54, 1.807) is 0 Å². The Balaban J connectivity index is 2.82. The fourth-order valence-electron chi connectivity index (χ4n) is 1.23. The van der Waals surface area contributed by atoms with Gasteiger partial charge in [-0.25, -0.2) is 19.7 Å². The third-order valence-electron chi connectivity index (χ3n) is 2.06. The zero-order valence-corrected chi connectivity index (χ0v) is 9.66. The zero-order valence-electron chi connectivity index (χ0n) is 9.66. The Bertz CT molecular complexity index is 558. The summed E-state index contributed by atoms with van der Waals surface area (Å²) in [6.45, 7) is -0.673. The normalized spacial score (nSPS) is 9.60. The molecule has 0 aliphatic rings. The minimum atomic E-state index is -2.14. The second kappa shape index (κ2) is 6.08. The van der Waals surface area contributed by atoms with E-state index < -0.39 is 33.8 Å². The zero-order chi connectivity index (χ0) is 15.3. The predicted molar refractivity (Wildman–Crippen MR) is 60.1 cm³/mol. The van der Waals surface area contributed by atoms with Crippen molar-refractivity contribution in [2.75, 3.05) is 0 Å². The number of carbonyl (C=O) groups is 2. The number of benzene rings is 1. The van der Waals surface area contributed by atoms with E-state index in [1.807, 2.05) is 0 Å². The Labute approximate surface area is 110 Å². The van der Waals surface area contributed by atoms with Crippen LogP contribution in [0.4, 0.5) is 15.3 Å². The van der Waals surface area contributed by atoms with Crippen LogP contribution in [-0.4, -0.2) is 32.3 Å². The Kier molecular flexibility index (Phi) is 4.51. The van der Waals surface area contributed by atoms with Crippen LogP contribution in [0.5, 0.6) is 0 Å². The molecule has 0 heterocycles. The monoisotopic (exact) mass is 285 g/mol. The van der Waals surface area contributed by atoms with E-state index >= 15 is 0 Å². The van der Waals surface area contributed by atoms with Gasteiger partial charge in [0.05, 0.1) is 15.5 Å². The van der Waals surface area contributed by atoms with Gasteiger partial charge in [-0.2, -0.15) is 0 Å². The lowest BCUT2D eigenvalue weighted by Gasteiger charge is -2.08. The van der Waals surface area contributed by atoms with E-state index in [2.05, 4.69) is 4.74 Å². The van der Waals surface area contributed by atoms with Crippen molar-refractivity contribution < 1.29 is 29.4 Å². The number of hydrazine groups is 1. The number of nitro benzene ring substituents is 1. The van der Waals surface area contributed by atoms with Crippen molar-refractivity contribution in [3.63, 3.8) is 0 Å². The van der Waals surface area contributed by atoms with Crippen LogP contribution in [0, 0.1) is 20.2 Å². The molecule has 1 aromatic rings. The molecule has 0 bridgehead atoms. The molecule has 1 rings (SSSR count). The van der Waals surface area contributed by atoms with Gasteiger partial charge < -0.3 is 9.84 Å². The van der Waals surface area contributed by atoms with Crippen molar-refractivity contribution in [1.82, 2.24) is 5.01 Å². The smallest absolute Gasteiger partial charge is 0.461 e. The van der Waals surface area contributed by atoms with Crippen LogP contribution >= 0.6 is 0 Å². The summed E-state index contributed by atoms with van der Waals surface area (Å²) in [7, 11) is 0. The topological polar surface area (TPSA) is 153 Å². The first kappa shape index (κ1) is 14.8. The van der Waals surface area contributed by atoms with Gasteiger partial charge >= 0.3 is 12.2 Å². The molecule has 0 aliphatic carbocycles. The molecule has 106 valence electrons. The van der Waals surface area contributed by atoms with Gasteiger partial charge in [-0.05, 0) is 6.07 Å². The van der Waals surface area contributed by atoms with Crippen molar-refractivity contribution >= 4 is 17.9 Å². The van der Waals surface area contributed by atoms with Crippen LogP contribution in [0.15, 0.2) is 24.3 Å². The number of hydrogen-bond donors (Lipinski definition) is 1. The van der Waals surface area contributed by atoms with Gasteiger partial charge in [-0.1, -0.05) is 12.1 Å². The maximum Gasteiger partial charge on any atom is 0.480 e. The van der Waals surface area contributed by atoms with E-state index in [1.165, 1.54) is 18.2 Å². The molecule has 20 heavy (non-hydrogen) atoms. The maximum absolute atomic E-state index is 11.2. The lowest BCUT2D eigenvalue weighted by Crippen LogP contribution is -2.40. The highest BCUT2D eigenvalue weighted by Crippen LogP contribution is 2.18. The fourth-order valence-corrected chi connectivity index (χ4v) is 1.23. The predicted octanol–water partition coefficient (Wildman–Crippen LogP) is 1.40. The molecule has 0 radical (unpaired) electrons. The summed E-state index contributed by atoms with van der Waals surface area (Å²) in [4.78, 5) is 41.9. The van der Waals surface area contributed by atoms with Crippen LogP contribution in [0.3, 0.4) is 0 Å². The summed E-state index contributed by atoms with van der Waals surface area (Å²) in [5, 5.41) is 27.2. The van der Waals surface area contributed by atoms with Gasteiger partial charge in [0, 0.05) is 6.07 Å². The summed E-state index contributed by atoms with van der Waals surface area (Å²) in [5.74, 6) is 0. The summed E-state index contributed by atoms with van der Waals surface area (Å²) in [6.07, 6.45) is -3.90. The first-order valence-electron chi connectivity index (χ1n) is 4.91. The molecule has 1 N–H and O–H groups in total. The lowest BCUT2D eigenvalue weighted by atomic mass is 10.2. The van der Waals surface area contributed by atoms with E-state index in [0.29, 0.717) is 0 Å². The van der Waals surface area contributed by atoms with Crippen molar-refractivity contribution in [2.24, 2.45) is 0 Å². The number of para-hydroxylation sites is 1. The van der Waals surface area contributed by atoms with E-state index in [4.69, 9.17) is 5.11 Å². The number of nitro groups is 2. The largest absolute Gasteiger partial charge is 0.480 e. The van der Waals surface area contributed by atoms with Crippen LogP contribution in [0.2, 0.25) is 0 Å². The van der Waals surface area contributed by atoms with Crippen molar-refractivity contribution in [2.45, 2.75) is 6.61 Å². The Morgan fingerprint density at radius 2 is 1.85 bits per heavy atom. The molecule has 0 unspecified atom stereocenters. The molecule has 0 fully saturated rings. The third-order valence-corrected chi connectivity index (χ3v) is 2.06. The lowest BCUT2D eigenvalue weighted by molar-refractivity contribution is -0.615. The third kappa shape index (κ3) is 3.38. The number of carboxylic acid groups (broad SMARTS) is 1. The van der Waals surface area contributed by atoms with Gasteiger partial charge in [-0.15, -0.1) is 0 Å². The summed E-state index contributed by atoms with van der Waals surface area (Å²) in [5.41, 5.74) is -0.386. The molecule has 1 aromatic carbocycles. The molecule has 0 saturated heterocycles. The molecule has 11 heteroatoms. The Morgan fingerprint density at radius 3 is 2.35 bits per heavy atom. The highest BCUT2D eigenvalue weighted by Gasteiger charge is 2.34. The summed E-state index contributed by atoms with van der Waals surface area (Å²) >= 11 is 0. The molecular formula is C9H7N3O8. The van der Waals surface area contributed by atoms with Crippen LogP contribution in [0.25, 0.3) is 0 Å². The number of amides is 2. The average Bonchev–Trinajstić information content (AvgIpc) is 2.35. The Morgan fingerprint density at radius 1 is 1.25 bits per heavy atom. The van der Waals surface area contributed by atoms with Crippen molar-refractivity contribution in [3.05, 3.63) is 50.1 Å². The van der Waals surface area contributed by atoms with Crippen LogP contribution in [-0.2, 0) is 11.3 Å². The second-order valence-corrected chi connectivity index (χ2v) is 3.27. The standard InChI is InChI=1S/C9H7N3O8/c13-8(14)10(12(18)19)9(15)20-5-6-3-1-2-4-7(6)11(16)17/h1-4H,5H2,(H,13,14). The molecule has 0 saturated carbocycles. The number of rotatable bonds is 4. The maximum atomic E-state index is 11.2. The molecule has 0 spiro atoms. The molecular weight excluding hydrogens is 278 g/mol. The quantitative estimate of drug-likeness (QED) is 0.643. The van der Waals surface area contributed by atoms with Crippen molar-refractivity contribution in [3.8, 4) is 0 Å². The molecule has 11 nitrogen and oxygen atoms in total. The van der Waals surface area contributed by atoms with E-state index in [9.17, 15) is 29.8 Å². The minimum Gasteiger partial charge on any atom is -0.461 e. The number of hydrogen-bond acceptors (Lipinski definition) is 7. The molecule has 0 aliphatic heterocycles.